The molecular formula is C24H35FN2O2. The van der Waals surface area contributed by atoms with Gasteiger partial charge in [-0.05, 0) is 49.7 Å². The Morgan fingerprint density at radius 3 is 2.66 bits per heavy atom. The minimum absolute atomic E-state index is 0.0414. The minimum atomic E-state index is -0.331. The van der Waals surface area contributed by atoms with Crippen molar-refractivity contribution in [1.82, 2.24) is 4.90 Å². The highest BCUT2D eigenvalue weighted by Gasteiger charge is 2.41. The quantitative estimate of drug-likeness (QED) is 0.573. The first-order valence-electron chi connectivity index (χ1n) is 11.5. The van der Waals surface area contributed by atoms with Crippen LogP contribution in [-0.4, -0.2) is 42.6 Å². The fraction of sp³-hybridized carbons (Fsp3) is 0.708. The first-order chi connectivity index (χ1) is 14.0. The summed E-state index contributed by atoms with van der Waals surface area (Å²) in [6.07, 6.45) is 10.8. The highest BCUT2D eigenvalue weighted by molar-refractivity contribution is 5.97. The van der Waals surface area contributed by atoms with Gasteiger partial charge in [-0.15, -0.1) is 0 Å². The van der Waals surface area contributed by atoms with Gasteiger partial charge >= 0.3 is 0 Å². The van der Waals surface area contributed by atoms with Crippen molar-refractivity contribution in [3.05, 3.63) is 24.0 Å². The standard InChI is InChI=1S/C24H35FN2O2/c1-3-4-5-6-18-11-20-8-9-21(12-18)26(20)14-17(2)15-27-22-13-19(25)7-10-23(22)29-16-24(27)28/h7,10,13,17-18,20-21H,3-6,8-9,11-12,14-16H2,1-2H3/t17-,18?,20+,21?/m1/s1. The van der Waals surface area contributed by atoms with Crippen LogP contribution in [-0.2, 0) is 4.79 Å². The second-order valence-electron chi connectivity index (χ2n) is 9.43. The van der Waals surface area contributed by atoms with Gasteiger partial charge in [-0.2, -0.15) is 0 Å². The number of anilines is 1. The molecule has 2 bridgehead atoms. The number of fused-ring (bicyclic) bond motifs is 3. The van der Waals surface area contributed by atoms with E-state index < -0.39 is 0 Å². The number of halogens is 1. The number of piperidine rings is 1. The lowest BCUT2D eigenvalue weighted by Crippen LogP contribution is -2.48. The van der Waals surface area contributed by atoms with E-state index in [4.69, 9.17) is 4.74 Å². The lowest BCUT2D eigenvalue weighted by Gasteiger charge is -2.41. The Hall–Kier alpha value is -1.62. The molecule has 29 heavy (non-hydrogen) atoms. The van der Waals surface area contributed by atoms with E-state index in [1.165, 1.54) is 63.5 Å². The molecule has 2 fully saturated rings. The first-order valence-corrected chi connectivity index (χ1v) is 11.5. The summed E-state index contributed by atoms with van der Waals surface area (Å²) in [5.74, 6) is 1.44. The number of carbonyl (C=O) groups excluding carboxylic acids is 1. The SMILES string of the molecule is CCCCCC1CC2CC[C@@H](C1)N2C[C@@H](C)CN1C(=O)COc2ccc(F)cc21. The molecule has 0 radical (unpaired) electrons. The maximum absolute atomic E-state index is 13.8. The molecule has 1 amide bonds. The molecule has 0 N–H and O–H groups in total. The topological polar surface area (TPSA) is 32.8 Å². The van der Waals surface area contributed by atoms with Crippen molar-refractivity contribution >= 4 is 11.6 Å². The van der Waals surface area contributed by atoms with Gasteiger partial charge in [0.1, 0.15) is 11.6 Å². The van der Waals surface area contributed by atoms with Gasteiger partial charge in [-0.25, -0.2) is 4.39 Å². The third-order valence-corrected chi connectivity index (χ3v) is 7.08. The van der Waals surface area contributed by atoms with Crippen LogP contribution in [0, 0.1) is 17.7 Å². The molecule has 1 aromatic carbocycles. The molecule has 2 unspecified atom stereocenters. The van der Waals surface area contributed by atoms with E-state index in [9.17, 15) is 9.18 Å². The van der Waals surface area contributed by atoms with Crippen LogP contribution in [0.1, 0.15) is 65.2 Å². The summed E-state index contributed by atoms with van der Waals surface area (Å²) in [5, 5.41) is 0. The Bertz CT molecular complexity index is 711. The normalized spacial score (nSPS) is 27.6. The van der Waals surface area contributed by atoms with Gasteiger partial charge < -0.3 is 9.64 Å². The van der Waals surface area contributed by atoms with Crippen LogP contribution >= 0.6 is 0 Å². The summed E-state index contributed by atoms with van der Waals surface area (Å²) in [5.41, 5.74) is 0.575. The van der Waals surface area contributed by atoms with Crippen LogP contribution in [0.15, 0.2) is 18.2 Å². The molecule has 0 aromatic heterocycles. The lowest BCUT2D eigenvalue weighted by molar-refractivity contribution is -0.121. The van der Waals surface area contributed by atoms with Gasteiger partial charge in [0.15, 0.2) is 6.61 Å². The minimum Gasteiger partial charge on any atom is -0.482 e. The number of benzene rings is 1. The van der Waals surface area contributed by atoms with Gasteiger partial charge in [0.05, 0.1) is 5.69 Å². The average Bonchev–Trinajstić information content (AvgIpc) is 2.92. The smallest absolute Gasteiger partial charge is 0.265 e. The third kappa shape index (κ3) is 4.60. The zero-order valence-electron chi connectivity index (χ0n) is 17.9. The van der Waals surface area contributed by atoms with Crippen LogP contribution in [0.25, 0.3) is 0 Å². The predicted molar refractivity (Wildman–Crippen MR) is 114 cm³/mol. The Labute approximate surface area is 174 Å². The number of unbranched alkanes of at least 4 members (excludes halogenated alkanes) is 2. The number of ether oxygens (including phenoxy) is 1. The van der Waals surface area contributed by atoms with Crippen LogP contribution in [0.5, 0.6) is 5.75 Å². The summed E-state index contributed by atoms with van der Waals surface area (Å²) < 4.78 is 19.2. The maximum Gasteiger partial charge on any atom is 0.265 e. The number of carbonyl (C=O) groups is 1. The fourth-order valence-corrected chi connectivity index (χ4v) is 5.71. The molecule has 3 aliphatic rings. The second kappa shape index (κ2) is 9.03. The zero-order chi connectivity index (χ0) is 20.4. The summed E-state index contributed by atoms with van der Waals surface area (Å²) in [7, 11) is 0. The molecule has 0 saturated carbocycles. The average molecular weight is 403 g/mol. The van der Waals surface area contributed by atoms with E-state index in [-0.39, 0.29) is 18.3 Å². The van der Waals surface area contributed by atoms with Crippen molar-refractivity contribution in [2.24, 2.45) is 11.8 Å². The molecule has 4 nitrogen and oxygen atoms in total. The lowest BCUT2D eigenvalue weighted by atomic mass is 9.86. The highest BCUT2D eigenvalue weighted by Crippen LogP contribution is 2.41. The van der Waals surface area contributed by atoms with Crippen LogP contribution in [0.4, 0.5) is 10.1 Å². The number of rotatable bonds is 8. The maximum atomic E-state index is 13.8. The number of nitrogens with zero attached hydrogens (tertiary/aromatic N) is 2. The predicted octanol–water partition coefficient (Wildman–Crippen LogP) is 5.01. The summed E-state index contributed by atoms with van der Waals surface area (Å²) >= 11 is 0. The fourth-order valence-electron chi connectivity index (χ4n) is 5.71. The van der Waals surface area contributed by atoms with E-state index in [2.05, 4.69) is 18.7 Å². The van der Waals surface area contributed by atoms with Crippen LogP contribution in [0.3, 0.4) is 0 Å². The molecule has 3 heterocycles. The molecule has 160 valence electrons. The van der Waals surface area contributed by atoms with Gasteiger partial charge in [0.25, 0.3) is 5.91 Å². The molecule has 4 atom stereocenters. The van der Waals surface area contributed by atoms with Crippen molar-refractivity contribution in [2.75, 3.05) is 24.6 Å². The third-order valence-electron chi connectivity index (χ3n) is 7.08. The highest BCUT2D eigenvalue weighted by atomic mass is 19.1. The molecule has 3 aliphatic heterocycles. The van der Waals surface area contributed by atoms with Crippen molar-refractivity contribution in [3.63, 3.8) is 0 Å². The zero-order valence-corrected chi connectivity index (χ0v) is 17.9. The summed E-state index contributed by atoms with van der Waals surface area (Å²) in [6, 6.07) is 5.86. The Morgan fingerprint density at radius 1 is 1.17 bits per heavy atom. The van der Waals surface area contributed by atoms with Crippen LogP contribution in [0.2, 0.25) is 0 Å². The molecular weight excluding hydrogens is 367 g/mol. The second-order valence-corrected chi connectivity index (χ2v) is 9.43. The van der Waals surface area contributed by atoms with E-state index >= 15 is 0 Å². The van der Waals surface area contributed by atoms with Crippen molar-refractivity contribution in [1.29, 1.82) is 0 Å². The van der Waals surface area contributed by atoms with Crippen molar-refractivity contribution < 1.29 is 13.9 Å². The largest absolute Gasteiger partial charge is 0.482 e. The van der Waals surface area contributed by atoms with Gasteiger partial charge in [-0.1, -0.05) is 39.5 Å². The summed E-state index contributed by atoms with van der Waals surface area (Å²) in [6.45, 7) is 6.18. The van der Waals surface area contributed by atoms with Gasteiger partial charge in [0.2, 0.25) is 0 Å². The Morgan fingerprint density at radius 2 is 1.93 bits per heavy atom. The monoisotopic (exact) mass is 402 g/mol. The van der Waals surface area contributed by atoms with Crippen molar-refractivity contribution in [3.8, 4) is 5.75 Å². The molecule has 5 heteroatoms. The molecule has 4 rings (SSSR count). The van der Waals surface area contributed by atoms with Crippen LogP contribution < -0.4 is 9.64 Å². The summed E-state index contributed by atoms with van der Waals surface area (Å²) in [4.78, 5) is 16.9. The Balaban J connectivity index is 1.36. The molecule has 2 saturated heterocycles. The van der Waals surface area contributed by atoms with E-state index in [1.54, 1.807) is 11.0 Å². The molecule has 0 aliphatic carbocycles. The molecule has 0 spiro atoms. The number of hydrogen-bond acceptors (Lipinski definition) is 3. The Kier molecular flexibility index (Phi) is 6.43. The van der Waals surface area contributed by atoms with Gasteiger partial charge in [-0.3, -0.25) is 9.69 Å². The van der Waals surface area contributed by atoms with E-state index in [1.807, 2.05) is 0 Å². The number of hydrogen-bond donors (Lipinski definition) is 0. The molecule has 1 aromatic rings. The first kappa shape index (κ1) is 20.6. The number of amides is 1. The van der Waals surface area contributed by atoms with E-state index in [0.29, 0.717) is 36.0 Å². The van der Waals surface area contributed by atoms with Gasteiger partial charge in [0, 0.05) is 31.2 Å². The van der Waals surface area contributed by atoms with E-state index in [0.717, 1.165) is 12.5 Å². The van der Waals surface area contributed by atoms with Crippen molar-refractivity contribution in [2.45, 2.75) is 77.3 Å².